The van der Waals surface area contributed by atoms with Gasteiger partial charge in [-0.1, -0.05) is 6.07 Å². The number of guanidine groups is 1. The van der Waals surface area contributed by atoms with Crippen LogP contribution in [-0.2, 0) is 9.59 Å². The van der Waals surface area contributed by atoms with Crippen LogP contribution < -0.4 is 16.0 Å². The van der Waals surface area contributed by atoms with Crippen LogP contribution in [0.15, 0.2) is 29.3 Å². The van der Waals surface area contributed by atoms with E-state index in [1.807, 2.05) is 6.92 Å². The van der Waals surface area contributed by atoms with E-state index < -0.39 is 5.82 Å². The van der Waals surface area contributed by atoms with Crippen LogP contribution >= 0.6 is 24.0 Å². The lowest BCUT2D eigenvalue weighted by Gasteiger charge is -2.14. The number of hydrogen-bond acceptors (Lipinski definition) is 3. The molecule has 3 N–H and O–H groups in total. The fourth-order valence-electron chi connectivity index (χ4n) is 1.58. The Labute approximate surface area is 158 Å². The van der Waals surface area contributed by atoms with Gasteiger partial charge in [0.1, 0.15) is 12.4 Å². The van der Waals surface area contributed by atoms with E-state index in [-0.39, 0.29) is 48.9 Å². The number of anilines is 1. The molecule has 0 heterocycles. The zero-order valence-corrected chi connectivity index (χ0v) is 16.3. The third-order valence-corrected chi connectivity index (χ3v) is 2.74. The van der Waals surface area contributed by atoms with Crippen LogP contribution in [-0.4, -0.2) is 56.4 Å². The molecule has 0 aromatic heterocycles. The Balaban J connectivity index is 0.00000529. The molecule has 134 valence electrons. The van der Waals surface area contributed by atoms with Crippen LogP contribution in [0.25, 0.3) is 0 Å². The number of amides is 2. The van der Waals surface area contributed by atoms with E-state index in [0.29, 0.717) is 18.2 Å². The summed E-state index contributed by atoms with van der Waals surface area (Å²) < 4.78 is 13.0. The fraction of sp³-hybridized carbons (Fsp3) is 0.400. The predicted molar refractivity (Wildman–Crippen MR) is 103 cm³/mol. The quantitative estimate of drug-likeness (QED) is 0.343. The molecular formula is C15H23FIN5O2. The minimum Gasteiger partial charge on any atom is -0.357 e. The van der Waals surface area contributed by atoms with Gasteiger partial charge >= 0.3 is 0 Å². The van der Waals surface area contributed by atoms with Gasteiger partial charge in [-0.2, -0.15) is 0 Å². The van der Waals surface area contributed by atoms with Crippen molar-refractivity contribution in [3.05, 3.63) is 30.1 Å². The number of halogens is 2. The van der Waals surface area contributed by atoms with Crippen LogP contribution in [0.2, 0.25) is 0 Å². The molecule has 0 radical (unpaired) electrons. The standard InChI is InChI=1S/C15H22FN5O2.HI/c1-4-17-15(19-10-14(23)21(2)3)18-9-13(22)20-12-7-5-6-11(16)8-12;/h5-8H,4,9-10H2,1-3H3,(H,20,22)(H2,17,18,19);1H. The lowest BCUT2D eigenvalue weighted by atomic mass is 10.3. The number of benzene rings is 1. The molecule has 0 aliphatic rings. The van der Waals surface area contributed by atoms with Crippen molar-refractivity contribution in [2.75, 3.05) is 39.0 Å². The van der Waals surface area contributed by atoms with Gasteiger partial charge in [0.05, 0.1) is 6.54 Å². The Bertz CT molecular complexity index is 581. The summed E-state index contributed by atoms with van der Waals surface area (Å²) >= 11 is 0. The van der Waals surface area contributed by atoms with Gasteiger partial charge in [0.25, 0.3) is 0 Å². The fourth-order valence-corrected chi connectivity index (χ4v) is 1.58. The SMILES string of the molecule is CCNC(=NCC(=O)Nc1cccc(F)c1)NCC(=O)N(C)C.I. The Hall–Kier alpha value is -1.91. The minimum absolute atomic E-state index is 0. The van der Waals surface area contributed by atoms with E-state index in [1.165, 1.54) is 23.1 Å². The van der Waals surface area contributed by atoms with E-state index in [1.54, 1.807) is 20.2 Å². The first-order valence-electron chi connectivity index (χ1n) is 7.20. The molecule has 0 aliphatic carbocycles. The molecule has 24 heavy (non-hydrogen) atoms. The van der Waals surface area contributed by atoms with Crippen molar-refractivity contribution in [1.29, 1.82) is 0 Å². The summed E-state index contributed by atoms with van der Waals surface area (Å²) in [5.74, 6) is -0.563. The van der Waals surface area contributed by atoms with Crippen molar-refractivity contribution in [2.45, 2.75) is 6.92 Å². The summed E-state index contributed by atoms with van der Waals surface area (Å²) in [6.45, 7) is 2.39. The first-order chi connectivity index (χ1) is 10.9. The highest BCUT2D eigenvalue weighted by atomic mass is 127. The van der Waals surface area contributed by atoms with Gasteiger partial charge in [-0.05, 0) is 25.1 Å². The van der Waals surface area contributed by atoms with E-state index in [0.717, 1.165) is 0 Å². The Kier molecular flexibility index (Phi) is 10.7. The molecule has 0 spiro atoms. The molecular weight excluding hydrogens is 428 g/mol. The van der Waals surface area contributed by atoms with E-state index in [2.05, 4.69) is 20.9 Å². The topological polar surface area (TPSA) is 85.8 Å². The second kappa shape index (κ2) is 11.6. The largest absolute Gasteiger partial charge is 0.357 e. The van der Waals surface area contributed by atoms with Crippen LogP contribution in [0.3, 0.4) is 0 Å². The molecule has 0 bridgehead atoms. The first-order valence-corrected chi connectivity index (χ1v) is 7.20. The average molecular weight is 451 g/mol. The maximum atomic E-state index is 13.0. The number of carbonyl (C=O) groups excluding carboxylic acids is 2. The number of nitrogens with one attached hydrogen (secondary N) is 3. The van der Waals surface area contributed by atoms with Crippen LogP contribution in [0.4, 0.5) is 10.1 Å². The average Bonchev–Trinajstić information content (AvgIpc) is 2.49. The van der Waals surface area contributed by atoms with E-state index in [9.17, 15) is 14.0 Å². The van der Waals surface area contributed by atoms with E-state index in [4.69, 9.17) is 0 Å². The van der Waals surface area contributed by atoms with Gasteiger partial charge in [0.2, 0.25) is 11.8 Å². The smallest absolute Gasteiger partial charge is 0.246 e. The maximum Gasteiger partial charge on any atom is 0.246 e. The van der Waals surface area contributed by atoms with Crippen molar-refractivity contribution in [3.63, 3.8) is 0 Å². The molecule has 1 rings (SSSR count). The molecule has 2 amide bonds. The number of nitrogens with zero attached hydrogens (tertiary/aromatic N) is 2. The molecule has 1 aromatic rings. The van der Waals surface area contributed by atoms with Gasteiger partial charge in [-0.25, -0.2) is 9.38 Å². The molecule has 0 unspecified atom stereocenters. The number of carbonyl (C=O) groups is 2. The van der Waals surface area contributed by atoms with Crippen LogP contribution in [0.5, 0.6) is 0 Å². The summed E-state index contributed by atoms with van der Waals surface area (Å²) in [7, 11) is 3.31. The minimum atomic E-state index is -0.427. The Morgan fingerprint density at radius 3 is 2.54 bits per heavy atom. The maximum absolute atomic E-state index is 13.0. The van der Waals surface area contributed by atoms with E-state index >= 15 is 0 Å². The number of likely N-dealkylation sites (N-methyl/N-ethyl adjacent to an activating group) is 1. The third kappa shape index (κ3) is 8.65. The van der Waals surface area contributed by atoms with Gasteiger partial charge in [0.15, 0.2) is 5.96 Å². The Morgan fingerprint density at radius 2 is 1.96 bits per heavy atom. The van der Waals surface area contributed by atoms with Gasteiger partial charge in [-0.3, -0.25) is 9.59 Å². The monoisotopic (exact) mass is 451 g/mol. The molecule has 9 heteroatoms. The molecule has 0 saturated carbocycles. The molecule has 0 aliphatic heterocycles. The second-order valence-electron chi connectivity index (χ2n) is 4.90. The molecule has 0 atom stereocenters. The van der Waals surface area contributed by atoms with Crippen molar-refractivity contribution in [1.82, 2.24) is 15.5 Å². The van der Waals surface area contributed by atoms with Gasteiger partial charge in [-0.15, -0.1) is 24.0 Å². The third-order valence-electron chi connectivity index (χ3n) is 2.74. The van der Waals surface area contributed by atoms with Crippen molar-refractivity contribution in [2.24, 2.45) is 4.99 Å². The molecule has 0 saturated heterocycles. The van der Waals surface area contributed by atoms with Crippen LogP contribution in [0.1, 0.15) is 6.92 Å². The van der Waals surface area contributed by atoms with Crippen molar-refractivity contribution >= 4 is 47.4 Å². The van der Waals surface area contributed by atoms with Crippen LogP contribution in [0, 0.1) is 5.82 Å². The molecule has 1 aromatic carbocycles. The second-order valence-corrected chi connectivity index (χ2v) is 4.90. The van der Waals surface area contributed by atoms with Crippen molar-refractivity contribution in [3.8, 4) is 0 Å². The molecule has 7 nitrogen and oxygen atoms in total. The zero-order chi connectivity index (χ0) is 17.2. The number of hydrogen-bond donors (Lipinski definition) is 3. The summed E-state index contributed by atoms with van der Waals surface area (Å²) in [5.41, 5.74) is 0.367. The predicted octanol–water partition coefficient (Wildman–Crippen LogP) is 1.03. The summed E-state index contributed by atoms with van der Waals surface area (Å²) in [4.78, 5) is 28.9. The number of aliphatic imine (C=N–C) groups is 1. The molecule has 0 fully saturated rings. The first kappa shape index (κ1) is 22.1. The van der Waals surface area contributed by atoms with Gasteiger partial charge < -0.3 is 20.9 Å². The highest BCUT2D eigenvalue weighted by Crippen LogP contribution is 2.08. The lowest BCUT2D eigenvalue weighted by molar-refractivity contribution is -0.127. The van der Waals surface area contributed by atoms with Crippen molar-refractivity contribution < 1.29 is 14.0 Å². The summed E-state index contributed by atoms with van der Waals surface area (Å²) in [6, 6.07) is 5.61. The highest BCUT2D eigenvalue weighted by Gasteiger charge is 2.07. The summed E-state index contributed by atoms with van der Waals surface area (Å²) in [6.07, 6.45) is 0. The lowest BCUT2D eigenvalue weighted by Crippen LogP contribution is -2.43. The summed E-state index contributed by atoms with van der Waals surface area (Å²) in [5, 5.41) is 8.32. The van der Waals surface area contributed by atoms with Gasteiger partial charge in [0, 0.05) is 26.3 Å². The Morgan fingerprint density at radius 1 is 1.25 bits per heavy atom. The normalized spacial score (nSPS) is 10.4. The number of rotatable bonds is 6. The highest BCUT2D eigenvalue weighted by molar-refractivity contribution is 14.0. The zero-order valence-electron chi connectivity index (χ0n) is 13.9.